The molecule has 1 aromatic heterocycles. The minimum absolute atomic E-state index is 0.0823. The van der Waals surface area contributed by atoms with Gasteiger partial charge in [-0.15, -0.1) is 0 Å². The molecule has 0 spiro atoms. The zero-order valence-corrected chi connectivity index (χ0v) is 12.9. The predicted molar refractivity (Wildman–Crippen MR) is 83.9 cm³/mol. The molecule has 0 radical (unpaired) electrons. The van der Waals surface area contributed by atoms with Gasteiger partial charge in [0.25, 0.3) is 5.91 Å². The van der Waals surface area contributed by atoms with E-state index in [4.69, 9.17) is 17.3 Å². The highest BCUT2D eigenvalue weighted by atomic mass is 35.5. The van der Waals surface area contributed by atoms with Crippen molar-refractivity contribution in [1.29, 1.82) is 0 Å². The third-order valence-corrected chi connectivity index (χ3v) is 3.58. The van der Waals surface area contributed by atoms with Crippen LogP contribution in [-0.4, -0.2) is 28.8 Å². The minimum Gasteiger partial charge on any atom is -0.354 e. The Bertz CT molecular complexity index is 638. The normalized spacial score (nSPS) is 12.2. The Balaban J connectivity index is 2.39. The highest BCUT2D eigenvalue weighted by molar-refractivity contribution is 6.30. The number of halogens is 1. The quantitative estimate of drug-likeness (QED) is 0.889. The van der Waals surface area contributed by atoms with E-state index in [-0.39, 0.29) is 11.9 Å². The van der Waals surface area contributed by atoms with Gasteiger partial charge in [-0.3, -0.25) is 4.79 Å². The van der Waals surface area contributed by atoms with Crippen LogP contribution in [-0.2, 0) is 6.42 Å². The van der Waals surface area contributed by atoms with Gasteiger partial charge in [-0.05, 0) is 36.6 Å². The van der Waals surface area contributed by atoms with Crippen LogP contribution in [0, 0.1) is 0 Å². The zero-order chi connectivity index (χ0) is 15.4. The molecule has 21 heavy (non-hydrogen) atoms. The molecule has 0 bridgehead atoms. The minimum atomic E-state index is -0.220. The first-order valence-corrected chi connectivity index (χ1v) is 7.25. The van der Waals surface area contributed by atoms with Crippen LogP contribution in [0.15, 0.2) is 30.5 Å². The van der Waals surface area contributed by atoms with Crippen LogP contribution in [0.3, 0.4) is 0 Å². The second-order valence-corrected chi connectivity index (χ2v) is 5.31. The fraction of sp³-hybridized carbons (Fsp3) is 0.333. The number of hydrogen-bond donors (Lipinski definition) is 2. The van der Waals surface area contributed by atoms with Gasteiger partial charge in [0.15, 0.2) is 5.69 Å². The summed E-state index contributed by atoms with van der Waals surface area (Å²) in [6.07, 6.45) is 3.38. The Hall–Kier alpha value is -1.85. The topological polar surface area (TPSA) is 72.9 Å². The van der Waals surface area contributed by atoms with E-state index in [9.17, 15) is 4.79 Å². The van der Waals surface area contributed by atoms with E-state index in [0.29, 0.717) is 10.7 Å². The van der Waals surface area contributed by atoms with Gasteiger partial charge in [-0.1, -0.05) is 24.6 Å². The lowest BCUT2D eigenvalue weighted by Gasteiger charge is -2.14. The molecule has 1 atom stereocenters. The zero-order valence-electron chi connectivity index (χ0n) is 12.1. The second kappa shape index (κ2) is 6.74. The Labute approximate surface area is 129 Å². The van der Waals surface area contributed by atoms with Crippen LogP contribution in [0.2, 0.25) is 5.02 Å². The Morgan fingerprint density at radius 1 is 1.48 bits per heavy atom. The van der Waals surface area contributed by atoms with Gasteiger partial charge in [0.1, 0.15) is 0 Å². The number of nitrogens with two attached hydrogens (primary N) is 1. The van der Waals surface area contributed by atoms with Crippen LogP contribution < -0.4 is 11.1 Å². The molecule has 0 aliphatic rings. The van der Waals surface area contributed by atoms with Crippen molar-refractivity contribution >= 4 is 17.5 Å². The molecule has 2 rings (SSSR count). The molecule has 0 aliphatic heterocycles. The first-order chi connectivity index (χ1) is 10.0. The third-order valence-electron chi connectivity index (χ3n) is 3.35. The van der Waals surface area contributed by atoms with Gasteiger partial charge in [0.2, 0.25) is 0 Å². The number of hydrogen-bond acceptors (Lipinski definition) is 3. The number of nitrogens with zero attached hydrogens (tertiary/aromatic N) is 2. The number of amides is 1. The first kappa shape index (κ1) is 15.5. The summed E-state index contributed by atoms with van der Waals surface area (Å²) >= 11 is 6.08. The van der Waals surface area contributed by atoms with Gasteiger partial charge in [0, 0.05) is 24.3 Å². The van der Waals surface area contributed by atoms with Crippen molar-refractivity contribution in [3.63, 3.8) is 0 Å². The van der Waals surface area contributed by atoms with Crippen molar-refractivity contribution in [3.8, 4) is 5.69 Å². The maximum Gasteiger partial charge on any atom is 0.271 e. The first-order valence-electron chi connectivity index (χ1n) is 6.87. The molecule has 2 aromatic rings. The summed E-state index contributed by atoms with van der Waals surface area (Å²) in [5, 5.41) is 7.46. The van der Waals surface area contributed by atoms with Crippen molar-refractivity contribution in [2.24, 2.45) is 5.73 Å². The van der Waals surface area contributed by atoms with Gasteiger partial charge in [-0.2, -0.15) is 5.10 Å². The number of benzene rings is 1. The second-order valence-electron chi connectivity index (χ2n) is 4.87. The number of carbonyl (C=O) groups excluding carboxylic acids is 1. The van der Waals surface area contributed by atoms with Crippen LogP contribution >= 0.6 is 11.6 Å². The highest BCUT2D eigenvalue weighted by Crippen LogP contribution is 2.21. The van der Waals surface area contributed by atoms with E-state index in [1.165, 1.54) is 0 Å². The summed E-state index contributed by atoms with van der Waals surface area (Å²) in [6.45, 7) is 2.05. The molecule has 0 saturated heterocycles. The van der Waals surface area contributed by atoms with Crippen LogP contribution in [0.4, 0.5) is 0 Å². The van der Waals surface area contributed by atoms with Crippen molar-refractivity contribution in [2.75, 3.05) is 7.05 Å². The molecule has 1 aromatic carbocycles. The lowest BCUT2D eigenvalue weighted by Crippen LogP contribution is -2.22. The summed E-state index contributed by atoms with van der Waals surface area (Å²) in [4.78, 5) is 11.6. The SMILES string of the molecule is CCC(N)Cc1ccc(Cl)cc1-n1ccc(C(=O)NC)n1. The Kier molecular flexibility index (Phi) is 4.98. The predicted octanol–water partition coefficient (Wildman–Crippen LogP) is 2.17. The molecule has 1 unspecified atom stereocenters. The fourth-order valence-electron chi connectivity index (χ4n) is 2.06. The molecule has 0 aliphatic carbocycles. The molecule has 0 saturated carbocycles. The lowest BCUT2D eigenvalue weighted by atomic mass is 10.0. The average molecular weight is 307 g/mol. The van der Waals surface area contributed by atoms with E-state index >= 15 is 0 Å². The molecule has 112 valence electrons. The molecule has 5 nitrogen and oxygen atoms in total. The molecule has 6 heteroatoms. The highest BCUT2D eigenvalue weighted by Gasteiger charge is 2.13. The largest absolute Gasteiger partial charge is 0.354 e. The van der Waals surface area contributed by atoms with Gasteiger partial charge in [-0.25, -0.2) is 4.68 Å². The summed E-state index contributed by atoms with van der Waals surface area (Å²) in [5.74, 6) is -0.220. The smallest absolute Gasteiger partial charge is 0.271 e. The van der Waals surface area contributed by atoms with E-state index < -0.39 is 0 Å². The Morgan fingerprint density at radius 3 is 2.90 bits per heavy atom. The molecule has 1 heterocycles. The molecule has 1 amide bonds. The monoisotopic (exact) mass is 306 g/mol. The number of nitrogens with one attached hydrogen (secondary N) is 1. The van der Waals surface area contributed by atoms with Crippen molar-refractivity contribution in [3.05, 3.63) is 46.7 Å². The fourth-order valence-corrected chi connectivity index (χ4v) is 2.22. The lowest BCUT2D eigenvalue weighted by molar-refractivity contribution is 0.0957. The summed E-state index contributed by atoms with van der Waals surface area (Å²) in [6, 6.07) is 7.38. The van der Waals surface area contributed by atoms with Crippen molar-refractivity contribution < 1.29 is 4.79 Å². The summed E-state index contributed by atoms with van der Waals surface area (Å²) < 4.78 is 1.66. The summed E-state index contributed by atoms with van der Waals surface area (Å²) in [7, 11) is 1.58. The van der Waals surface area contributed by atoms with Gasteiger partial charge < -0.3 is 11.1 Å². The van der Waals surface area contributed by atoms with Crippen LogP contribution in [0.5, 0.6) is 0 Å². The standard InChI is InChI=1S/C15H19ClN4O/c1-3-12(17)8-10-4-5-11(16)9-14(10)20-7-6-13(19-20)15(21)18-2/h4-7,9,12H,3,8,17H2,1-2H3,(H,18,21). The van der Waals surface area contributed by atoms with Gasteiger partial charge in [0.05, 0.1) is 5.69 Å². The molecular weight excluding hydrogens is 288 g/mol. The van der Waals surface area contributed by atoms with E-state index in [1.807, 2.05) is 18.2 Å². The van der Waals surface area contributed by atoms with Crippen LogP contribution in [0.25, 0.3) is 5.69 Å². The van der Waals surface area contributed by atoms with E-state index in [0.717, 1.165) is 24.1 Å². The third kappa shape index (κ3) is 3.62. The molecular formula is C15H19ClN4O. The van der Waals surface area contributed by atoms with E-state index in [2.05, 4.69) is 17.3 Å². The van der Waals surface area contributed by atoms with Gasteiger partial charge >= 0.3 is 0 Å². The number of aromatic nitrogens is 2. The average Bonchev–Trinajstić information content (AvgIpc) is 2.97. The summed E-state index contributed by atoms with van der Waals surface area (Å²) in [5.41, 5.74) is 8.31. The maximum atomic E-state index is 11.6. The van der Waals surface area contributed by atoms with Crippen LogP contribution in [0.1, 0.15) is 29.4 Å². The number of rotatable bonds is 5. The molecule has 0 fully saturated rings. The maximum absolute atomic E-state index is 11.6. The van der Waals surface area contributed by atoms with Crippen molar-refractivity contribution in [1.82, 2.24) is 15.1 Å². The van der Waals surface area contributed by atoms with E-state index in [1.54, 1.807) is 24.0 Å². The Morgan fingerprint density at radius 2 is 2.24 bits per heavy atom. The number of carbonyl (C=O) groups is 1. The molecule has 3 N–H and O–H groups in total. The van der Waals surface area contributed by atoms with Crippen molar-refractivity contribution in [2.45, 2.75) is 25.8 Å².